The fourth-order valence-corrected chi connectivity index (χ4v) is 4.81. The monoisotopic (exact) mass is 429 g/mol. The van der Waals surface area contributed by atoms with Crippen LogP contribution in [0.15, 0.2) is 79.1 Å². The maximum atomic E-state index is 12.8. The summed E-state index contributed by atoms with van der Waals surface area (Å²) in [5.41, 5.74) is 1.82. The number of hydrogen-bond donors (Lipinski definition) is 1. The van der Waals surface area contributed by atoms with Crippen molar-refractivity contribution in [2.75, 3.05) is 18.4 Å². The highest BCUT2D eigenvalue weighted by Gasteiger charge is 2.44. The van der Waals surface area contributed by atoms with Crippen molar-refractivity contribution in [3.05, 3.63) is 84.7 Å². The van der Waals surface area contributed by atoms with E-state index < -0.39 is 6.09 Å². The molecular formula is C26H27N3O3. The highest BCUT2D eigenvalue weighted by molar-refractivity contribution is 5.85. The van der Waals surface area contributed by atoms with Crippen molar-refractivity contribution in [2.45, 2.75) is 31.4 Å². The molecule has 2 bridgehead atoms. The summed E-state index contributed by atoms with van der Waals surface area (Å²) in [4.78, 5) is 19.5. The van der Waals surface area contributed by atoms with Crippen LogP contribution >= 0.6 is 0 Å². The van der Waals surface area contributed by atoms with Gasteiger partial charge in [0, 0.05) is 30.1 Å². The first-order chi connectivity index (χ1) is 15.7. The molecule has 0 saturated carbocycles. The number of anilines is 1. The number of rotatable bonds is 6. The maximum Gasteiger partial charge on any atom is 0.411 e. The Balaban J connectivity index is 1.25. The standard InChI is InChI=1S/C26H27N3O3/c30-26(28-21-7-4-10-23(17-21)31-22-8-2-1-3-9-22)32-25-20-11-14-29(15-12-20)24(25)16-19-6-5-13-27-18-19/h1-10,13,17-18,20,24-25H,11-12,14-16H2,(H,28,30). The molecule has 32 heavy (non-hydrogen) atoms. The third kappa shape index (κ3) is 4.75. The second-order valence-corrected chi connectivity index (χ2v) is 8.44. The Morgan fingerprint density at radius 3 is 2.59 bits per heavy atom. The molecule has 2 aromatic carbocycles. The molecule has 3 aromatic rings. The normalized spacial score (nSPS) is 24.0. The number of fused-ring (bicyclic) bond motifs is 3. The molecule has 3 aliphatic rings. The van der Waals surface area contributed by atoms with Crippen molar-refractivity contribution < 1.29 is 14.3 Å². The lowest BCUT2D eigenvalue weighted by molar-refractivity contribution is -0.0741. The summed E-state index contributed by atoms with van der Waals surface area (Å²) in [5.74, 6) is 1.81. The molecule has 1 amide bonds. The number of pyridine rings is 1. The maximum absolute atomic E-state index is 12.8. The van der Waals surface area contributed by atoms with E-state index >= 15 is 0 Å². The number of carbonyl (C=O) groups excluding carboxylic acids is 1. The van der Waals surface area contributed by atoms with Gasteiger partial charge in [-0.1, -0.05) is 30.3 Å². The van der Waals surface area contributed by atoms with E-state index in [-0.39, 0.29) is 12.1 Å². The Kier molecular flexibility index (Phi) is 6.03. The Morgan fingerprint density at radius 1 is 1.00 bits per heavy atom. The largest absolute Gasteiger partial charge is 0.457 e. The first-order valence-corrected chi connectivity index (χ1v) is 11.2. The van der Waals surface area contributed by atoms with Crippen LogP contribution in [0.3, 0.4) is 0 Å². The van der Waals surface area contributed by atoms with Crippen molar-refractivity contribution in [2.24, 2.45) is 5.92 Å². The van der Waals surface area contributed by atoms with E-state index in [0.29, 0.717) is 17.4 Å². The highest BCUT2D eigenvalue weighted by Crippen LogP contribution is 2.36. The van der Waals surface area contributed by atoms with Gasteiger partial charge in [-0.3, -0.25) is 15.2 Å². The van der Waals surface area contributed by atoms with Gasteiger partial charge in [-0.05, 0) is 68.2 Å². The molecule has 0 spiro atoms. The van der Waals surface area contributed by atoms with Crippen LogP contribution in [0.2, 0.25) is 0 Å². The lowest BCUT2D eigenvalue weighted by Gasteiger charge is -2.50. The molecule has 164 valence electrons. The van der Waals surface area contributed by atoms with E-state index in [2.05, 4.69) is 21.3 Å². The number of hydrogen-bond acceptors (Lipinski definition) is 5. The first kappa shape index (κ1) is 20.5. The quantitative estimate of drug-likeness (QED) is 0.589. The molecular weight excluding hydrogens is 402 g/mol. The second kappa shape index (κ2) is 9.40. The van der Waals surface area contributed by atoms with Gasteiger partial charge in [0.1, 0.15) is 17.6 Å². The molecule has 6 rings (SSSR count). The van der Waals surface area contributed by atoms with Gasteiger partial charge in [0.2, 0.25) is 0 Å². The number of piperidine rings is 3. The van der Waals surface area contributed by atoms with Gasteiger partial charge in [0.05, 0.1) is 6.04 Å². The van der Waals surface area contributed by atoms with Crippen molar-refractivity contribution >= 4 is 11.8 Å². The minimum atomic E-state index is -0.420. The topological polar surface area (TPSA) is 63.7 Å². The van der Waals surface area contributed by atoms with E-state index in [0.717, 1.165) is 38.1 Å². The predicted molar refractivity (Wildman–Crippen MR) is 123 cm³/mol. The first-order valence-electron chi connectivity index (χ1n) is 11.2. The molecule has 0 aliphatic carbocycles. The summed E-state index contributed by atoms with van der Waals surface area (Å²) >= 11 is 0. The smallest absolute Gasteiger partial charge is 0.411 e. The molecule has 6 heteroatoms. The zero-order chi connectivity index (χ0) is 21.8. The molecule has 3 saturated heterocycles. The third-order valence-electron chi connectivity index (χ3n) is 6.36. The summed E-state index contributed by atoms with van der Waals surface area (Å²) in [6.45, 7) is 2.13. The van der Waals surface area contributed by atoms with Crippen molar-refractivity contribution in [1.29, 1.82) is 0 Å². The Morgan fingerprint density at radius 2 is 1.81 bits per heavy atom. The van der Waals surface area contributed by atoms with Gasteiger partial charge in [-0.25, -0.2) is 4.79 Å². The molecule has 2 unspecified atom stereocenters. The second-order valence-electron chi connectivity index (χ2n) is 8.44. The zero-order valence-electron chi connectivity index (χ0n) is 17.9. The van der Waals surface area contributed by atoms with Crippen LogP contribution in [0.1, 0.15) is 18.4 Å². The van der Waals surface area contributed by atoms with Gasteiger partial charge >= 0.3 is 6.09 Å². The minimum absolute atomic E-state index is 0.124. The van der Waals surface area contributed by atoms with Crippen LogP contribution in [0.4, 0.5) is 10.5 Å². The van der Waals surface area contributed by atoms with E-state index in [1.807, 2.05) is 60.8 Å². The van der Waals surface area contributed by atoms with Crippen LogP contribution in [0, 0.1) is 5.92 Å². The van der Waals surface area contributed by atoms with Crippen LogP contribution in [0.25, 0.3) is 0 Å². The number of para-hydroxylation sites is 1. The predicted octanol–water partition coefficient (Wildman–Crippen LogP) is 5.13. The van der Waals surface area contributed by atoms with Crippen molar-refractivity contribution in [3.63, 3.8) is 0 Å². The van der Waals surface area contributed by atoms with E-state index in [1.54, 1.807) is 12.3 Å². The lowest BCUT2D eigenvalue weighted by Crippen LogP contribution is -2.60. The number of ether oxygens (including phenoxy) is 2. The molecule has 3 fully saturated rings. The number of amides is 1. The van der Waals surface area contributed by atoms with Gasteiger partial charge in [-0.15, -0.1) is 0 Å². The van der Waals surface area contributed by atoms with Gasteiger partial charge in [0.25, 0.3) is 0 Å². The summed E-state index contributed by atoms with van der Waals surface area (Å²) < 4.78 is 11.9. The molecule has 1 N–H and O–H groups in total. The number of aromatic nitrogens is 1. The van der Waals surface area contributed by atoms with Crippen molar-refractivity contribution in [1.82, 2.24) is 9.88 Å². The van der Waals surface area contributed by atoms with Crippen LogP contribution in [-0.2, 0) is 11.2 Å². The summed E-state index contributed by atoms with van der Waals surface area (Å²) in [7, 11) is 0. The average molecular weight is 430 g/mol. The number of nitrogens with zero attached hydrogens (tertiary/aromatic N) is 2. The Labute approximate surface area is 188 Å². The Bertz CT molecular complexity index is 1040. The van der Waals surface area contributed by atoms with Crippen LogP contribution in [-0.4, -0.2) is 41.2 Å². The van der Waals surface area contributed by atoms with Crippen LogP contribution in [0.5, 0.6) is 11.5 Å². The SMILES string of the molecule is O=C(Nc1cccc(Oc2ccccc2)c1)OC1C2CCN(CC2)C1Cc1cccnc1. The number of carbonyl (C=O) groups is 1. The number of benzene rings is 2. The molecule has 3 aliphatic heterocycles. The minimum Gasteiger partial charge on any atom is -0.457 e. The third-order valence-corrected chi connectivity index (χ3v) is 6.36. The summed E-state index contributed by atoms with van der Waals surface area (Å²) in [6.07, 6.45) is 6.12. The van der Waals surface area contributed by atoms with Gasteiger partial charge in [-0.2, -0.15) is 0 Å². The van der Waals surface area contributed by atoms with E-state index in [4.69, 9.17) is 9.47 Å². The molecule has 2 atom stereocenters. The van der Waals surface area contributed by atoms with Crippen LogP contribution < -0.4 is 10.1 Å². The summed E-state index contributed by atoms with van der Waals surface area (Å²) in [6, 6.07) is 21.2. The number of nitrogens with one attached hydrogen (secondary N) is 1. The zero-order valence-corrected chi connectivity index (χ0v) is 17.9. The fourth-order valence-electron chi connectivity index (χ4n) is 4.81. The highest BCUT2D eigenvalue weighted by atomic mass is 16.6. The molecule has 6 nitrogen and oxygen atoms in total. The molecule has 1 aromatic heterocycles. The Hall–Kier alpha value is -3.38. The average Bonchev–Trinajstić information content (AvgIpc) is 2.83. The lowest BCUT2D eigenvalue weighted by atomic mass is 9.78. The summed E-state index contributed by atoms with van der Waals surface area (Å²) in [5, 5.41) is 2.89. The molecule has 0 radical (unpaired) electrons. The molecule has 4 heterocycles. The van der Waals surface area contributed by atoms with Crippen molar-refractivity contribution in [3.8, 4) is 11.5 Å². The van der Waals surface area contributed by atoms with Gasteiger partial charge < -0.3 is 9.47 Å². The van der Waals surface area contributed by atoms with E-state index in [9.17, 15) is 4.79 Å². The fraction of sp³-hybridized carbons (Fsp3) is 0.308. The van der Waals surface area contributed by atoms with Gasteiger partial charge in [0.15, 0.2) is 0 Å². The van der Waals surface area contributed by atoms with E-state index in [1.165, 1.54) is 5.56 Å².